The Labute approximate surface area is 135 Å². The second-order valence-corrected chi connectivity index (χ2v) is 6.75. The molecule has 21 heavy (non-hydrogen) atoms. The molecule has 1 N–H and O–H groups in total. The summed E-state index contributed by atoms with van der Waals surface area (Å²) in [5.41, 5.74) is 0.316. The Balaban J connectivity index is 2.31. The van der Waals surface area contributed by atoms with Crippen LogP contribution in [0.1, 0.15) is 6.92 Å². The van der Waals surface area contributed by atoms with E-state index in [0.29, 0.717) is 23.1 Å². The van der Waals surface area contributed by atoms with Gasteiger partial charge in [0.05, 0.1) is 17.3 Å². The number of hydrogen-bond acceptors (Lipinski definition) is 5. The molecule has 1 aromatic carbocycles. The lowest BCUT2D eigenvalue weighted by Crippen LogP contribution is -2.17. The van der Waals surface area contributed by atoms with Crippen molar-refractivity contribution in [1.82, 2.24) is 15.0 Å². The summed E-state index contributed by atoms with van der Waals surface area (Å²) in [5, 5.41) is 7.52. The SMILES string of the molecule is CCOc1ccc(NS(=O)(=O)c2c(Br)nnn2C)cc1Cl. The maximum atomic E-state index is 12.3. The van der Waals surface area contributed by atoms with E-state index in [1.165, 1.54) is 13.1 Å². The molecule has 0 unspecified atom stereocenters. The second kappa shape index (κ2) is 6.20. The molecule has 0 aliphatic rings. The third-order valence-corrected chi connectivity index (χ3v) is 5.04. The molecule has 10 heteroatoms. The molecular weight excluding hydrogens is 384 g/mol. The molecular formula is C11H12BrClN4O3S. The van der Waals surface area contributed by atoms with Gasteiger partial charge in [0.2, 0.25) is 5.03 Å². The van der Waals surface area contributed by atoms with Crippen LogP contribution in [0.2, 0.25) is 5.02 Å². The third-order valence-electron chi connectivity index (χ3n) is 2.48. The van der Waals surface area contributed by atoms with Crippen molar-refractivity contribution in [2.45, 2.75) is 11.9 Å². The molecule has 2 aromatic rings. The number of halogens is 2. The van der Waals surface area contributed by atoms with E-state index < -0.39 is 10.0 Å². The fourth-order valence-corrected chi connectivity index (χ4v) is 4.03. The van der Waals surface area contributed by atoms with E-state index in [0.717, 1.165) is 4.68 Å². The van der Waals surface area contributed by atoms with Crippen molar-refractivity contribution >= 4 is 43.2 Å². The van der Waals surface area contributed by atoms with Crippen molar-refractivity contribution in [3.63, 3.8) is 0 Å². The summed E-state index contributed by atoms with van der Waals surface area (Å²) < 4.78 is 33.6. The Hall–Kier alpha value is -1.32. The number of aryl methyl sites for hydroxylation is 1. The minimum atomic E-state index is -3.83. The van der Waals surface area contributed by atoms with Gasteiger partial charge in [-0.3, -0.25) is 4.72 Å². The molecule has 0 aliphatic carbocycles. The van der Waals surface area contributed by atoms with Crippen LogP contribution < -0.4 is 9.46 Å². The zero-order chi connectivity index (χ0) is 15.6. The van der Waals surface area contributed by atoms with Crippen LogP contribution in [-0.2, 0) is 17.1 Å². The Morgan fingerprint density at radius 2 is 2.19 bits per heavy atom. The highest BCUT2D eigenvalue weighted by molar-refractivity contribution is 9.10. The number of benzene rings is 1. The highest BCUT2D eigenvalue weighted by atomic mass is 79.9. The first-order chi connectivity index (χ1) is 9.85. The molecule has 0 saturated carbocycles. The Kier molecular flexibility index (Phi) is 4.74. The lowest BCUT2D eigenvalue weighted by atomic mass is 10.3. The highest BCUT2D eigenvalue weighted by Crippen LogP contribution is 2.29. The summed E-state index contributed by atoms with van der Waals surface area (Å²) >= 11 is 9.08. The van der Waals surface area contributed by atoms with Crippen LogP contribution in [0.3, 0.4) is 0 Å². The Morgan fingerprint density at radius 1 is 1.48 bits per heavy atom. The van der Waals surface area contributed by atoms with Crippen LogP contribution in [0.4, 0.5) is 5.69 Å². The van der Waals surface area contributed by atoms with Crippen LogP contribution in [0, 0.1) is 0 Å². The number of sulfonamides is 1. The first-order valence-electron chi connectivity index (χ1n) is 5.85. The van der Waals surface area contributed by atoms with E-state index in [9.17, 15) is 8.42 Å². The Morgan fingerprint density at radius 3 is 2.71 bits per heavy atom. The number of hydrogen-bond donors (Lipinski definition) is 1. The zero-order valence-electron chi connectivity index (χ0n) is 11.2. The van der Waals surface area contributed by atoms with Crippen LogP contribution in [0.25, 0.3) is 0 Å². The predicted molar refractivity (Wildman–Crippen MR) is 82.1 cm³/mol. The standard InChI is InChI=1S/C11H12BrClN4O3S/c1-3-20-9-5-4-7(6-8(9)13)15-21(18,19)11-10(12)14-16-17(11)2/h4-6,15H,3H2,1-2H3. The van der Waals surface area contributed by atoms with Crippen molar-refractivity contribution in [2.24, 2.45) is 7.05 Å². The van der Waals surface area contributed by atoms with Crippen LogP contribution >= 0.6 is 27.5 Å². The molecule has 114 valence electrons. The molecule has 0 radical (unpaired) electrons. The summed E-state index contributed by atoms with van der Waals surface area (Å²) in [4.78, 5) is 0. The van der Waals surface area contributed by atoms with Gasteiger partial charge in [-0.15, -0.1) is 5.10 Å². The van der Waals surface area contributed by atoms with Gasteiger partial charge in [0.1, 0.15) is 5.75 Å². The number of nitrogens with zero attached hydrogens (tertiary/aromatic N) is 3. The molecule has 0 amide bonds. The van der Waals surface area contributed by atoms with Crippen molar-refractivity contribution < 1.29 is 13.2 Å². The lowest BCUT2D eigenvalue weighted by Gasteiger charge is -2.10. The number of nitrogens with one attached hydrogen (secondary N) is 1. The van der Waals surface area contributed by atoms with Gasteiger partial charge in [0.15, 0.2) is 4.60 Å². The average molecular weight is 396 g/mol. The van der Waals surface area contributed by atoms with E-state index in [1.807, 2.05) is 6.92 Å². The summed E-state index contributed by atoms with van der Waals surface area (Å²) in [6, 6.07) is 4.63. The summed E-state index contributed by atoms with van der Waals surface area (Å²) in [7, 11) is -2.35. The van der Waals surface area contributed by atoms with Crippen LogP contribution in [0.15, 0.2) is 27.8 Å². The molecule has 0 spiro atoms. The maximum absolute atomic E-state index is 12.3. The quantitative estimate of drug-likeness (QED) is 0.840. The topological polar surface area (TPSA) is 86.1 Å². The first-order valence-corrected chi connectivity index (χ1v) is 8.51. The number of anilines is 1. The van der Waals surface area contributed by atoms with E-state index >= 15 is 0 Å². The fraction of sp³-hybridized carbons (Fsp3) is 0.273. The average Bonchev–Trinajstić information content (AvgIpc) is 2.73. The van der Waals surface area contributed by atoms with Gasteiger partial charge in [-0.25, -0.2) is 4.68 Å². The molecule has 0 aliphatic heterocycles. The summed E-state index contributed by atoms with van der Waals surface area (Å²) in [6.07, 6.45) is 0. The van der Waals surface area contributed by atoms with Gasteiger partial charge in [0, 0.05) is 7.05 Å². The molecule has 2 rings (SSSR count). The monoisotopic (exact) mass is 394 g/mol. The lowest BCUT2D eigenvalue weighted by molar-refractivity contribution is 0.340. The van der Waals surface area contributed by atoms with E-state index in [1.54, 1.807) is 12.1 Å². The van der Waals surface area contributed by atoms with Gasteiger partial charge in [0.25, 0.3) is 10.0 Å². The van der Waals surface area contributed by atoms with Gasteiger partial charge >= 0.3 is 0 Å². The summed E-state index contributed by atoms with van der Waals surface area (Å²) in [6.45, 7) is 2.30. The molecule has 7 nitrogen and oxygen atoms in total. The number of rotatable bonds is 5. The van der Waals surface area contributed by atoms with Gasteiger partial charge in [-0.2, -0.15) is 8.42 Å². The van der Waals surface area contributed by atoms with Gasteiger partial charge in [-0.05, 0) is 41.1 Å². The van der Waals surface area contributed by atoms with Crippen molar-refractivity contribution in [1.29, 1.82) is 0 Å². The minimum Gasteiger partial charge on any atom is -0.492 e. The van der Waals surface area contributed by atoms with Crippen molar-refractivity contribution in [2.75, 3.05) is 11.3 Å². The third kappa shape index (κ3) is 3.47. The molecule has 0 fully saturated rings. The van der Waals surface area contributed by atoms with E-state index in [4.69, 9.17) is 16.3 Å². The van der Waals surface area contributed by atoms with Gasteiger partial charge in [-0.1, -0.05) is 16.8 Å². The normalized spacial score (nSPS) is 11.4. The minimum absolute atomic E-state index is 0.0764. The fourth-order valence-electron chi connectivity index (χ4n) is 1.65. The van der Waals surface area contributed by atoms with E-state index in [-0.39, 0.29) is 9.63 Å². The number of aromatic nitrogens is 3. The molecule has 0 atom stereocenters. The molecule has 0 bridgehead atoms. The largest absolute Gasteiger partial charge is 0.492 e. The smallest absolute Gasteiger partial charge is 0.281 e. The molecule has 1 aromatic heterocycles. The predicted octanol–water partition coefficient (Wildman–Crippen LogP) is 2.43. The van der Waals surface area contributed by atoms with Crippen molar-refractivity contribution in [3.05, 3.63) is 27.8 Å². The first kappa shape index (κ1) is 16.1. The summed E-state index contributed by atoms with van der Waals surface area (Å²) in [5.74, 6) is 0.491. The Bertz CT molecular complexity index is 743. The number of ether oxygens (including phenoxy) is 1. The highest BCUT2D eigenvalue weighted by Gasteiger charge is 2.24. The van der Waals surface area contributed by atoms with Crippen molar-refractivity contribution in [3.8, 4) is 5.75 Å². The van der Waals surface area contributed by atoms with Gasteiger partial charge < -0.3 is 4.74 Å². The van der Waals surface area contributed by atoms with Crippen LogP contribution in [0.5, 0.6) is 5.75 Å². The maximum Gasteiger partial charge on any atom is 0.281 e. The van der Waals surface area contributed by atoms with Crippen LogP contribution in [-0.4, -0.2) is 30.0 Å². The molecule has 0 saturated heterocycles. The molecule has 1 heterocycles. The van der Waals surface area contributed by atoms with E-state index in [2.05, 4.69) is 31.0 Å². The zero-order valence-corrected chi connectivity index (χ0v) is 14.3. The second-order valence-electron chi connectivity index (χ2n) is 3.99.